The number of anilines is 1. The van der Waals surface area contributed by atoms with Crippen molar-refractivity contribution in [2.24, 2.45) is 5.10 Å². The van der Waals surface area contributed by atoms with Crippen LogP contribution < -0.4 is 20.2 Å². The average Bonchev–Trinajstić information content (AvgIpc) is 2.89. The third-order valence-corrected chi connectivity index (χ3v) is 5.15. The molecular formula is C25H21ClN4O7. The molecule has 11 nitrogen and oxygen atoms in total. The fourth-order valence-electron chi connectivity index (χ4n) is 3.07. The van der Waals surface area contributed by atoms with E-state index < -0.39 is 22.5 Å². The van der Waals surface area contributed by atoms with Crippen LogP contribution in [0.3, 0.4) is 0 Å². The molecule has 0 saturated carbocycles. The van der Waals surface area contributed by atoms with E-state index in [2.05, 4.69) is 15.8 Å². The fourth-order valence-corrected chi connectivity index (χ4v) is 3.24. The van der Waals surface area contributed by atoms with Gasteiger partial charge in [-0.2, -0.15) is 5.10 Å². The summed E-state index contributed by atoms with van der Waals surface area (Å²) in [6, 6.07) is 14.4. The van der Waals surface area contributed by atoms with E-state index >= 15 is 0 Å². The summed E-state index contributed by atoms with van der Waals surface area (Å²) < 4.78 is 10.5. The van der Waals surface area contributed by atoms with Crippen LogP contribution in [0.1, 0.15) is 39.6 Å². The molecule has 0 unspecified atom stereocenters. The van der Waals surface area contributed by atoms with Crippen LogP contribution in [-0.4, -0.2) is 36.0 Å². The van der Waals surface area contributed by atoms with Gasteiger partial charge in [0.1, 0.15) is 11.3 Å². The van der Waals surface area contributed by atoms with Gasteiger partial charge in [0.2, 0.25) is 11.7 Å². The molecule has 0 bridgehead atoms. The van der Waals surface area contributed by atoms with Crippen LogP contribution in [0.25, 0.3) is 0 Å². The highest BCUT2D eigenvalue weighted by atomic mass is 35.5. The summed E-state index contributed by atoms with van der Waals surface area (Å²) in [6.45, 7) is 1.72. The molecule has 0 aliphatic carbocycles. The van der Waals surface area contributed by atoms with E-state index in [0.29, 0.717) is 12.1 Å². The number of nitrogens with zero attached hydrogens (tertiary/aromatic N) is 2. The van der Waals surface area contributed by atoms with Crippen molar-refractivity contribution in [2.45, 2.75) is 13.3 Å². The summed E-state index contributed by atoms with van der Waals surface area (Å²) in [5.74, 6) is -1.90. The SMILES string of the molecule is CCC(=O)Nc1ccc(C(=O)N/N=C/c2cccc([N+](=O)[O-])c2OC(=O)c2cc(Cl)ccc2OC)cc1. The second-order valence-corrected chi connectivity index (χ2v) is 7.80. The maximum atomic E-state index is 12.8. The van der Waals surface area contributed by atoms with Gasteiger partial charge in [0.15, 0.2) is 0 Å². The Kier molecular flexibility index (Phi) is 8.90. The maximum Gasteiger partial charge on any atom is 0.347 e. The van der Waals surface area contributed by atoms with Crippen molar-refractivity contribution in [1.82, 2.24) is 5.43 Å². The van der Waals surface area contributed by atoms with E-state index in [0.717, 1.165) is 12.3 Å². The number of halogens is 1. The lowest BCUT2D eigenvalue weighted by Crippen LogP contribution is -2.18. The van der Waals surface area contributed by atoms with Crippen LogP contribution >= 0.6 is 11.6 Å². The lowest BCUT2D eigenvalue weighted by molar-refractivity contribution is -0.385. The zero-order chi connectivity index (χ0) is 26.9. The first-order valence-corrected chi connectivity index (χ1v) is 11.2. The van der Waals surface area contributed by atoms with Gasteiger partial charge in [-0.25, -0.2) is 10.2 Å². The number of nitrogens with one attached hydrogen (secondary N) is 2. The van der Waals surface area contributed by atoms with Crippen molar-refractivity contribution in [1.29, 1.82) is 0 Å². The van der Waals surface area contributed by atoms with Gasteiger partial charge in [0.25, 0.3) is 5.91 Å². The predicted molar refractivity (Wildman–Crippen MR) is 136 cm³/mol. The molecule has 0 heterocycles. The number of ether oxygens (including phenoxy) is 2. The molecule has 0 fully saturated rings. The molecule has 0 saturated heterocycles. The third-order valence-electron chi connectivity index (χ3n) is 4.92. The van der Waals surface area contributed by atoms with Gasteiger partial charge in [-0.1, -0.05) is 24.6 Å². The minimum absolute atomic E-state index is 0.0390. The van der Waals surface area contributed by atoms with Crippen LogP contribution in [0.2, 0.25) is 5.02 Å². The van der Waals surface area contributed by atoms with Crippen molar-refractivity contribution in [3.05, 3.63) is 92.5 Å². The number of methoxy groups -OCH3 is 1. The highest BCUT2D eigenvalue weighted by Gasteiger charge is 2.24. The van der Waals surface area contributed by atoms with Crippen molar-refractivity contribution in [3.63, 3.8) is 0 Å². The number of nitro benzene ring substituents is 1. The van der Waals surface area contributed by atoms with Crippen molar-refractivity contribution in [2.75, 3.05) is 12.4 Å². The molecule has 0 aromatic heterocycles. The smallest absolute Gasteiger partial charge is 0.347 e. The first kappa shape index (κ1) is 26.8. The van der Waals surface area contributed by atoms with Gasteiger partial charge >= 0.3 is 11.7 Å². The van der Waals surface area contributed by atoms with Gasteiger partial charge in [0, 0.05) is 34.3 Å². The zero-order valence-electron chi connectivity index (χ0n) is 19.7. The Balaban J connectivity index is 1.81. The number of para-hydroxylation sites is 1. The summed E-state index contributed by atoms with van der Waals surface area (Å²) >= 11 is 5.97. The van der Waals surface area contributed by atoms with Gasteiger partial charge in [0.05, 0.1) is 18.2 Å². The number of carbonyl (C=O) groups is 3. The molecular weight excluding hydrogens is 504 g/mol. The number of amides is 2. The molecule has 2 N–H and O–H groups in total. The summed E-state index contributed by atoms with van der Waals surface area (Å²) in [6.07, 6.45) is 1.43. The second kappa shape index (κ2) is 12.3. The Hall–Kier alpha value is -4.77. The van der Waals surface area contributed by atoms with Crippen LogP contribution in [-0.2, 0) is 4.79 Å². The van der Waals surface area contributed by atoms with E-state index in [1.165, 1.54) is 49.6 Å². The molecule has 0 spiro atoms. The van der Waals surface area contributed by atoms with Crippen LogP contribution in [0.15, 0.2) is 65.8 Å². The Labute approximate surface area is 216 Å². The number of nitro groups is 1. The number of rotatable bonds is 9. The fraction of sp³-hybridized carbons (Fsp3) is 0.120. The monoisotopic (exact) mass is 524 g/mol. The second-order valence-electron chi connectivity index (χ2n) is 7.36. The van der Waals surface area contributed by atoms with Crippen LogP contribution in [0, 0.1) is 10.1 Å². The standard InChI is InChI=1S/C25H21ClN4O7/c1-3-22(31)28-18-10-7-15(8-11-18)24(32)29-27-14-16-5-4-6-20(30(34)35)23(16)37-25(33)19-13-17(26)9-12-21(19)36-2/h4-14H,3H2,1-2H3,(H,28,31)(H,29,32)/b27-14+. The summed E-state index contributed by atoms with van der Waals surface area (Å²) in [5.41, 5.74) is 2.62. The van der Waals surface area contributed by atoms with Gasteiger partial charge in [-0.05, 0) is 48.5 Å². The largest absolute Gasteiger partial charge is 0.496 e. The lowest BCUT2D eigenvalue weighted by atomic mass is 10.1. The first-order chi connectivity index (χ1) is 17.7. The highest BCUT2D eigenvalue weighted by Crippen LogP contribution is 2.32. The molecule has 12 heteroatoms. The Bertz CT molecular complexity index is 1370. The minimum Gasteiger partial charge on any atom is -0.496 e. The van der Waals surface area contributed by atoms with Gasteiger partial charge in [-0.3, -0.25) is 19.7 Å². The molecule has 3 rings (SSSR count). The van der Waals surface area contributed by atoms with Crippen molar-refractivity contribution >= 4 is 47.0 Å². The Morgan fingerprint density at radius 2 is 1.84 bits per heavy atom. The molecule has 0 radical (unpaired) electrons. The Morgan fingerprint density at radius 3 is 2.49 bits per heavy atom. The number of hydrazone groups is 1. The first-order valence-electron chi connectivity index (χ1n) is 10.8. The molecule has 3 aromatic carbocycles. The normalized spacial score (nSPS) is 10.6. The topological polar surface area (TPSA) is 149 Å². The molecule has 0 aliphatic heterocycles. The average molecular weight is 525 g/mol. The summed E-state index contributed by atoms with van der Waals surface area (Å²) in [4.78, 5) is 47.6. The van der Waals surface area contributed by atoms with Crippen molar-refractivity contribution < 1.29 is 28.8 Å². The third kappa shape index (κ3) is 6.89. The highest BCUT2D eigenvalue weighted by molar-refractivity contribution is 6.31. The predicted octanol–water partition coefficient (Wildman–Crippen LogP) is 4.59. The molecule has 0 atom stereocenters. The quantitative estimate of drug-likeness (QED) is 0.137. The van der Waals surface area contributed by atoms with Crippen molar-refractivity contribution in [3.8, 4) is 11.5 Å². The summed E-state index contributed by atoms with van der Waals surface area (Å²) in [7, 11) is 1.35. The van der Waals surface area contributed by atoms with E-state index in [4.69, 9.17) is 21.1 Å². The van der Waals surface area contributed by atoms with Crippen LogP contribution in [0.4, 0.5) is 11.4 Å². The van der Waals surface area contributed by atoms with Gasteiger partial charge in [-0.15, -0.1) is 0 Å². The summed E-state index contributed by atoms with van der Waals surface area (Å²) in [5, 5.41) is 18.3. The Morgan fingerprint density at radius 1 is 1.11 bits per heavy atom. The zero-order valence-corrected chi connectivity index (χ0v) is 20.4. The number of esters is 1. The number of hydrogen-bond donors (Lipinski definition) is 2. The minimum atomic E-state index is -0.942. The van der Waals surface area contributed by atoms with E-state index in [1.54, 1.807) is 19.1 Å². The van der Waals surface area contributed by atoms with E-state index in [9.17, 15) is 24.5 Å². The number of hydrogen-bond acceptors (Lipinski definition) is 8. The van der Waals surface area contributed by atoms with Gasteiger partial charge < -0.3 is 14.8 Å². The maximum absolute atomic E-state index is 12.8. The number of benzene rings is 3. The molecule has 0 aliphatic rings. The number of carbonyl (C=O) groups excluding carboxylic acids is 3. The molecule has 37 heavy (non-hydrogen) atoms. The molecule has 3 aromatic rings. The van der Waals surface area contributed by atoms with Crippen LogP contribution in [0.5, 0.6) is 11.5 Å². The van der Waals surface area contributed by atoms with E-state index in [-0.39, 0.29) is 39.1 Å². The molecule has 190 valence electrons. The lowest BCUT2D eigenvalue weighted by Gasteiger charge is -2.11. The molecule has 2 amide bonds. The van der Waals surface area contributed by atoms with E-state index in [1.807, 2.05) is 0 Å².